The summed E-state index contributed by atoms with van der Waals surface area (Å²) in [6.45, 7) is 7.84. The normalized spacial score (nSPS) is 16.6. The van der Waals surface area contributed by atoms with Crippen LogP contribution in [0.15, 0.2) is 23.7 Å². The number of thiazole rings is 1. The van der Waals surface area contributed by atoms with Crippen LogP contribution < -0.4 is 5.32 Å². The summed E-state index contributed by atoms with van der Waals surface area (Å²) in [5.41, 5.74) is 3.63. The Morgan fingerprint density at radius 3 is 2.76 bits per heavy atom. The van der Waals surface area contributed by atoms with Gasteiger partial charge in [-0.15, -0.1) is 11.3 Å². The molecule has 2 aromatic rings. The van der Waals surface area contributed by atoms with Crippen molar-refractivity contribution in [3.05, 3.63) is 23.7 Å². The zero-order chi connectivity index (χ0) is 14.8. The van der Waals surface area contributed by atoms with E-state index in [1.54, 1.807) is 11.3 Å². The molecular weight excluding hydrogens is 284 g/mol. The highest BCUT2D eigenvalue weighted by Crippen LogP contribution is 2.22. The number of piperazine rings is 1. The number of carbonyl (C=O) groups is 1. The maximum atomic E-state index is 12.3. The van der Waals surface area contributed by atoms with Gasteiger partial charge in [-0.3, -0.25) is 4.90 Å². The summed E-state index contributed by atoms with van der Waals surface area (Å²) in [5, 5.41) is 2.98. The van der Waals surface area contributed by atoms with E-state index in [2.05, 4.69) is 29.0 Å². The summed E-state index contributed by atoms with van der Waals surface area (Å²) in [5.74, 6) is 0. The van der Waals surface area contributed by atoms with Crippen molar-refractivity contribution < 1.29 is 4.79 Å². The van der Waals surface area contributed by atoms with Crippen LogP contribution in [0, 0.1) is 0 Å². The third-order valence-electron chi connectivity index (χ3n) is 3.91. The van der Waals surface area contributed by atoms with Crippen molar-refractivity contribution in [3.63, 3.8) is 0 Å². The van der Waals surface area contributed by atoms with Gasteiger partial charge in [-0.25, -0.2) is 9.78 Å². The number of carbonyl (C=O) groups excluding carboxylic acids is 1. The van der Waals surface area contributed by atoms with Gasteiger partial charge in [-0.2, -0.15) is 0 Å². The lowest BCUT2D eigenvalue weighted by molar-refractivity contribution is 0.125. The van der Waals surface area contributed by atoms with Crippen LogP contribution in [-0.2, 0) is 0 Å². The molecular formula is C15H20N4OS. The Hall–Kier alpha value is -1.66. The van der Waals surface area contributed by atoms with Crippen molar-refractivity contribution in [2.45, 2.75) is 19.9 Å². The number of nitrogens with one attached hydrogen (secondary N) is 1. The van der Waals surface area contributed by atoms with Crippen molar-refractivity contribution in [2.75, 3.05) is 31.5 Å². The first-order valence-corrected chi connectivity index (χ1v) is 8.14. The highest BCUT2D eigenvalue weighted by molar-refractivity contribution is 7.16. The van der Waals surface area contributed by atoms with Gasteiger partial charge in [0.05, 0.1) is 15.7 Å². The standard InChI is InChI=1S/C15H20N4OS/c1-11(2)18-5-7-19(8-6-18)15(20)17-12-3-4-13-14(9-12)21-10-16-13/h3-4,9-11H,5-8H2,1-2H3,(H,17,20). The molecule has 2 heterocycles. The number of benzene rings is 1. The summed E-state index contributed by atoms with van der Waals surface area (Å²) >= 11 is 1.58. The van der Waals surface area contributed by atoms with Crippen LogP contribution in [0.4, 0.5) is 10.5 Å². The van der Waals surface area contributed by atoms with E-state index in [0.29, 0.717) is 6.04 Å². The van der Waals surface area contributed by atoms with Crippen LogP contribution in [0.5, 0.6) is 0 Å². The lowest BCUT2D eigenvalue weighted by atomic mass is 10.2. The molecule has 112 valence electrons. The first kappa shape index (κ1) is 14.3. The number of anilines is 1. The second kappa shape index (κ2) is 5.99. The monoisotopic (exact) mass is 304 g/mol. The summed E-state index contributed by atoms with van der Waals surface area (Å²) in [6, 6.07) is 6.36. The minimum absolute atomic E-state index is 0.0118. The molecule has 0 bridgehead atoms. The van der Waals surface area contributed by atoms with Crippen LogP contribution >= 0.6 is 11.3 Å². The van der Waals surface area contributed by atoms with Crippen molar-refractivity contribution in [1.29, 1.82) is 0 Å². The zero-order valence-electron chi connectivity index (χ0n) is 12.4. The summed E-state index contributed by atoms with van der Waals surface area (Å²) in [7, 11) is 0. The van der Waals surface area contributed by atoms with Gasteiger partial charge in [0.15, 0.2) is 0 Å². The molecule has 0 spiro atoms. The largest absolute Gasteiger partial charge is 0.322 e. The molecule has 0 saturated carbocycles. The third kappa shape index (κ3) is 3.16. The molecule has 21 heavy (non-hydrogen) atoms. The fourth-order valence-electron chi connectivity index (χ4n) is 2.58. The van der Waals surface area contributed by atoms with Crippen LogP contribution in [0.25, 0.3) is 10.2 Å². The van der Waals surface area contributed by atoms with Gasteiger partial charge >= 0.3 is 6.03 Å². The quantitative estimate of drug-likeness (QED) is 0.928. The second-order valence-electron chi connectivity index (χ2n) is 5.58. The first-order valence-electron chi connectivity index (χ1n) is 7.27. The Morgan fingerprint density at radius 2 is 2.05 bits per heavy atom. The molecule has 1 aliphatic heterocycles. The van der Waals surface area contributed by atoms with E-state index >= 15 is 0 Å². The molecule has 1 saturated heterocycles. The van der Waals surface area contributed by atoms with E-state index in [1.807, 2.05) is 28.6 Å². The second-order valence-corrected chi connectivity index (χ2v) is 6.47. The van der Waals surface area contributed by atoms with Gasteiger partial charge in [-0.05, 0) is 32.0 Å². The SMILES string of the molecule is CC(C)N1CCN(C(=O)Nc2ccc3ncsc3c2)CC1. The van der Waals surface area contributed by atoms with Gasteiger partial charge in [0.25, 0.3) is 0 Å². The van der Waals surface area contributed by atoms with E-state index in [1.165, 1.54) is 0 Å². The lowest BCUT2D eigenvalue weighted by Gasteiger charge is -2.36. The fourth-order valence-corrected chi connectivity index (χ4v) is 3.29. The summed E-state index contributed by atoms with van der Waals surface area (Å²) in [4.78, 5) is 20.8. The lowest BCUT2D eigenvalue weighted by Crippen LogP contribution is -2.51. The number of hydrogen-bond donors (Lipinski definition) is 1. The minimum atomic E-state index is -0.0118. The first-order chi connectivity index (χ1) is 10.1. The van der Waals surface area contributed by atoms with E-state index in [0.717, 1.165) is 42.1 Å². The molecule has 1 N–H and O–H groups in total. The maximum Gasteiger partial charge on any atom is 0.321 e. The van der Waals surface area contributed by atoms with Crippen LogP contribution in [0.1, 0.15) is 13.8 Å². The predicted octanol–water partition coefficient (Wildman–Crippen LogP) is 2.85. The van der Waals surface area contributed by atoms with Gasteiger partial charge in [0.1, 0.15) is 0 Å². The van der Waals surface area contributed by atoms with Crippen LogP contribution in [0.3, 0.4) is 0 Å². The Morgan fingerprint density at radius 1 is 1.29 bits per heavy atom. The molecule has 0 atom stereocenters. The molecule has 1 aromatic carbocycles. The Balaban J connectivity index is 1.61. The molecule has 0 aliphatic carbocycles. The molecule has 1 fully saturated rings. The molecule has 6 heteroatoms. The topological polar surface area (TPSA) is 48.5 Å². The van der Waals surface area contributed by atoms with E-state index in [-0.39, 0.29) is 6.03 Å². The van der Waals surface area contributed by atoms with Crippen molar-refractivity contribution >= 4 is 33.3 Å². The maximum absolute atomic E-state index is 12.3. The fraction of sp³-hybridized carbons (Fsp3) is 0.467. The smallest absolute Gasteiger partial charge is 0.321 e. The van der Waals surface area contributed by atoms with Gasteiger partial charge in [-0.1, -0.05) is 0 Å². The average molecular weight is 304 g/mol. The zero-order valence-corrected chi connectivity index (χ0v) is 13.2. The number of urea groups is 1. The van der Waals surface area contributed by atoms with Gasteiger partial charge < -0.3 is 10.2 Å². The predicted molar refractivity (Wildman–Crippen MR) is 86.9 cm³/mol. The molecule has 5 nitrogen and oxygen atoms in total. The number of fused-ring (bicyclic) bond motifs is 1. The van der Waals surface area contributed by atoms with Crippen molar-refractivity contribution in [3.8, 4) is 0 Å². The van der Waals surface area contributed by atoms with Gasteiger partial charge in [0.2, 0.25) is 0 Å². The van der Waals surface area contributed by atoms with E-state index in [4.69, 9.17) is 0 Å². The van der Waals surface area contributed by atoms with Crippen molar-refractivity contribution in [2.24, 2.45) is 0 Å². The van der Waals surface area contributed by atoms with E-state index < -0.39 is 0 Å². The van der Waals surface area contributed by atoms with Crippen LogP contribution in [-0.4, -0.2) is 53.0 Å². The van der Waals surface area contributed by atoms with E-state index in [9.17, 15) is 4.79 Å². The molecule has 1 aromatic heterocycles. The highest BCUT2D eigenvalue weighted by atomic mass is 32.1. The minimum Gasteiger partial charge on any atom is -0.322 e. The Bertz CT molecular complexity index is 631. The molecule has 0 unspecified atom stereocenters. The summed E-state index contributed by atoms with van der Waals surface area (Å²) < 4.78 is 1.09. The van der Waals surface area contributed by atoms with Gasteiger partial charge in [0, 0.05) is 37.9 Å². The summed E-state index contributed by atoms with van der Waals surface area (Å²) in [6.07, 6.45) is 0. The molecule has 2 amide bonds. The number of aromatic nitrogens is 1. The van der Waals surface area contributed by atoms with Crippen LogP contribution in [0.2, 0.25) is 0 Å². The molecule has 3 rings (SSSR count). The Kier molecular flexibility index (Phi) is 4.07. The highest BCUT2D eigenvalue weighted by Gasteiger charge is 2.22. The number of amides is 2. The third-order valence-corrected chi connectivity index (χ3v) is 4.71. The average Bonchev–Trinajstić information content (AvgIpc) is 2.95. The molecule has 0 radical (unpaired) electrons. The number of rotatable bonds is 2. The number of nitrogens with zero attached hydrogens (tertiary/aromatic N) is 3. The van der Waals surface area contributed by atoms with Crippen molar-refractivity contribution in [1.82, 2.24) is 14.8 Å². The Labute approximate surface area is 128 Å². The number of hydrogen-bond acceptors (Lipinski definition) is 4. The molecule has 1 aliphatic rings.